The number of nitrogens with zero attached hydrogens (tertiary/aromatic N) is 3. The first-order valence-electron chi connectivity index (χ1n) is 20.1. The number of hydrogen-bond acceptors (Lipinski definition) is 5. The fourth-order valence-electron chi connectivity index (χ4n) is 7.90. The molecule has 0 aliphatic carbocycles. The Morgan fingerprint density at radius 2 is 0.807 bits per heavy atom. The molecule has 0 saturated heterocycles. The van der Waals surface area contributed by atoms with Crippen LogP contribution in [-0.2, 0) is 67.0 Å². The molecule has 3 aliphatic heterocycles. The number of H-pyrrole nitrogens is 4. The van der Waals surface area contributed by atoms with E-state index < -0.39 is 32.4 Å². The van der Waals surface area contributed by atoms with Gasteiger partial charge in [-0.25, -0.2) is 0 Å². The van der Waals surface area contributed by atoms with Gasteiger partial charge < -0.3 is 19.9 Å². The van der Waals surface area contributed by atoms with Crippen molar-refractivity contribution in [3.05, 3.63) is 106 Å². The summed E-state index contributed by atoms with van der Waals surface area (Å²) in [5.41, 5.74) is 10.4. The normalized spacial score (nSPS) is 21.7. The molecule has 13 heteroatoms. The predicted molar refractivity (Wildman–Crippen MR) is 241 cm³/mol. The Kier molecular flexibility index (Phi) is 16.0. The van der Waals surface area contributed by atoms with Gasteiger partial charge in [0.1, 0.15) is 0 Å². The second-order valence-corrected chi connectivity index (χ2v) is 22.1. The Balaban J connectivity index is 0.000000530. The van der Waals surface area contributed by atoms with Gasteiger partial charge in [-0.15, -0.1) is 5.10 Å². The summed E-state index contributed by atoms with van der Waals surface area (Å²) in [7, 11) is -1.83. The number of aromatic nitrogens is 7. The molecule has 8 heterocycles. The van der Waals surface area contributed by atoms with Crippen LogP contribution in [0.25, 0.3) is 0 Å². The summed E-state index contributed by atoms with van der Waals surface area (Å²) >= 11 is 0. The first-order valence-corrected chi connectivity index (χ1v) is 26.0. The van der Waals surface area contributed by atoms with Crippen molar-refractivity contribution in [1.82, 2.24) is 34.9 Å². The van der Waals surface area contributed by atoms with Crippen LogP contribution in [0.15, 0.2) is 54.7 Å². The van der Waals surface area contributed by atoms with E-state index in [1.165, 1.54) is 45.6 Å². The van der Waals surface area contributed by atoms with Crippen LogP contribution < -0.4 is 0 Å². The van der Waals surface area contributed by atoms with E-state index in [0.29, 0.717) is 0 Å². The highest BCUT2D eigenvalue weighted by molar-refractivity contribution is 7.83. The summed E-state index contributed by atoms with van der Waals surface area (Å²) in [4.78, 5) is 15.8. The molecule has 0 radical (unpaired) electrons. The summed E-state index contributed by atoms with van der Waals surface area (Å²) in [6.45, 7) is 15.1. The molecule has 0 spiro atoms. The Morgan fingerprint density at radius 1 is 0.491 bits per heavy atom. The highest BCUT2D eigenvalue weighted by Crippen LogP contribution is 2.43. The van der Waals surface area contributed by atoms with Crippen molar-refractivity contribution < 1.29 is 12.6 Å². The molecule has 0 aromatic carbocycles. The minimum Gasteiger partial charge on any atom is -0.361 e. The van der Waals surface area contributed by atoms with Crippen molar-refractivity contribution in [3.63, 3.8) is 0 Å². The highest BCUT2D eigenvalue weighted by atomic mass is 32.2. The van der Waals surface area contributed by atoms with Gasteiger partial charge in [0.2, 0.25) is 0 Å². The second kappa shape index (κ2) is 19.6. The van der Waals surface area contributed by atoms with E-state index >= 15 is 0 Å². The number of aromatic amines is 4. The number of aryl methyl sites for hydroxylation is 2. The van der Waals surface area contributed by atoms with E-state index in [4.69, 9.17) is 0 Å². The Labute approximate surface area is 349 Å². The molecule has 5 aromatic rings. The fraction of sp³-hybridized carbons (Fsp3) is 0.591. The van der Waals surface area contributed by atoms with Gasteiger partial charge in [-0.1, -0.05) is 30.9 Å². The largest absolute Gasteiger partial charge is 0.361 e. The van der Waals surface area contributed by atoms with Gasteiger partial charge in [0, 0.05) is 150 Å². The molecular formula is C44H69N7O3S3. The van der Waals surface area contributed by atoms with Crippen LogP contribution >= 0.6 is 0 Å². The van der Waals surface area contributed by atoms with Crippen molar-refractivity contribution in [1.29, 1.82) is 0 Å². The summed E-state index contributed by atoms with van der Waals surface area (Å²) in [5, 5.41) is 8.96. The van der Waals surface area contributed by atoms with Crippen LogP contribution in [0.3, 0.4) is 0 Å². The molecule has 4 N–H and O–H groups in total. The van der Waals surface area contributed by atoms with Crippen LogP contribution in [0.5, 0.6) is 0 Å². The van der Waals surface area contributed by atoms with Gasteiger partial charge in [-0.3, -0.25) is 17.3 Å². The number of nitrogens with one attached hydrogen (secondary N) is 4. The van der Waals surface area contributed by atoms with E-state index in [0.717, 1.165) is 70.0 Å². The lowest BCUT2D eigenvalue weighted by atomic mass is 9.78. The van der Waals surface area contributed by atoms with E-state index in [9.17, 15) is 12.6 Å². The Morgan fingerprint density at radius 3 is 1.16 bits per heavy atom. The molecule has 0 amide bonds. The van der Waals surface area contributed by atoms with Crippen molar-refractivity contribution >= 4 is 32.4 Å². The van der Waals surface area contributed by atoms with Crippen molar-refractivity contribution in [2.75, 3.05) is 37.5 Å². The number of fused-ring (bicyclic) bond motifs is 8. The van der Waals surface area contributed by atoms with Gasteiger partial charge in [0.15, 0.2) is 0 Å². The zero-order chi connectivity index (χ0) is 42.2. The Hall–Kier alpha value is -3.29. The van der Waals surface area contributed by atoms with Crippen molar-refractivity contribution in [2.45, 2.75) is 128 Å². The molecule has 316 valence electrons. The molecule has 8 rings (SSSR count). The molecule has 0 saturated carbocycles. The van der Waals surface area contributed by atoms with Crippen LogP contribution in [-0.4, -0.2) is 85.1 Å². The summed E-state index contributed by atoms with van der Waals surface area (Å²) in [5.74, 6) is 0. The maximum absolute atomic E-state index is 9.56. The topological polar surface area (TPSA) is 145 Å². The summed E-state index contributed by atoms with van der Waals surface area (Å²) in [6, 6.07) is 18.6. The van der Waals surface area contributed by atoms with Crippen LogP contribution in [0.1, 0.15) is 144 Å². The molecule has 3 aliphatic rings. The van der Waals surface area contributed by atoms with Gasteiger partial charge >= 0.3 is 0 Å². The number of hydrogen-bond donors (Lipinski definition) is 4. The van der Waals surface area contributed by atoms with Gasteiger partial charge in [-0.05, 0) is 122 Å². The monoisotopic (exact) mass is 839 g/mol. The zero-order valence-corrected chi connectivity index (χ0v) is 39.0. The minimum atomic E-state index is -0.611. The van der Waals surface area contributed by atoms with Gasteiger partial charge in [0.05, 0.1) is 5.69 Å². The molecule has 0 fully saturated rings. The lowest BCUT2D eigenvalue weighted by Gasteiger charge is -2.31. The first-order chi connectivity index (χ1) is 26.7. The van der Waals surface area contributed by atoms with E-state index in [1.54, 1.807) is 37.5 Å². The van der Waals surface area contributed by atoms with Gasteiger partial charge in [0.25, 0.3) is 0 Å². The third kappa shape index (κ3) is 11.7. The van der Waals surface area contributed by atoms with Crippen LogP contribution in [0.4, 0.5) is 0 Å². The molecule has 0 unspecified atom stereocenters. The molecule has 10 nitrogen and oxygen atoms in total. The molecule has 0 atom stereocenters. The average Bonchev–Trinajstić information content (AvgIpc) is 3.96. The van der Waals surface area contributed by atoms with Gasteiger partial charge in [-0.2, -0.15) is 0 Å². The van der Waals surface area contributed by atoms with Crippen LogP contribution in [0.2, 0.25) is 0 Å². The molecular weight excluding hydrogens is 771 g/mol. The third-order valence-corrected chi connectivity index (χ3v) is 11.6. The van der Waals surface area contributed by atoms with E-state index in [2.05, 4.69) is 127 Å². The smallest absolute Gasteiger partial charge is 0.0827 e. The zero-order valence-electron chi connectivity index (χ0n) is 36.6. The SMILES string of the molecule is CC1(C)c2ccc([nH]2)C2(C)CCCCCc3cn(nn3)CCCCCC(C)(c3ccc1[nH]3)c1ccc([nH]1)C(C)(C)c1ccc2[nH]1.CS(C)=O.CS(C)=O.CS(C)=O. The van der Waals surface area contributed by atoms with E-state index in [1.807, 2.05) is 4.68 Å². The van der Waals surface area contributed by atoms with Crippen molar-refractivity contribution in [3.8, 4) is 0 Å². The van der Waals surface area contributed by atoms with Crippen molar-refractivity contribution in [2.24, 2.45) is 0 Å². The fourth-order valence-corrected chi connectivity index (χ4v) is 7.90. The highest BCUT2D eigenvalue weighted by Gasteiger charge is 2.39. The molecule has 57 heavy (non-hydrogen) atoms. The molecule has 5 aromatic heterocycles. The maximum atomic E-state index is 9.56. The summed E-state index contributed by atoms with van der Waals surface area (Å²) < 4.78 is 30.7. The second-order valence-electron chi connectivity index (χ2n) is 17.6. The quantitative estimate of drug-likeness (QED) is 0.124. The average molecular weight is 840 g/mol. The number of rotatable bonds is 0. The maximum Gasteiger partial charge on any atom is 0.0827 e. The first kappa shape index (κ1) is 46.4. The Bertz CT molecular complexity index is 1840. The summed E-state index contributed by atoms with van der Waals surface area (Å²) in [6.07, 6.45) is 21.9. The predicted octanol–water partition coefficient (Wildman–Crippen LogP) is 8.53. The lowest BCUT2D eigenvalue weighted by molar-refractivity contribution is 0.440. The standard InChI is InChI=1S/C38H51N7.3C2H6OS/c1-35(2)27-14-18-31(39-27)37(5)22-10-7-9-13-26-25-45(44-43-26)24-12-8-11-23-38(6,33-20-16-29(35)41-33)34-21-17-30(42-34)36(3,4)28-15-19-32(37)40-28;3*1-4(2)3/h14-21,25,39-42H,7-13,22-24H2,1-6H3;3*1-2H3. The van der Waals surface area contributed by atoms with E-state index in [-0.39, 0.29) is 21.7 Å². The molecule has 12 bridgehead atoms. The third-order valence-electron chi connectivity index (χ3n) is 11.6. The van der Waals surface area contributed by atoms with Crippen LogP contribution in [0, 0.1) is 0 Å². The minimum absolute atomic E-state index is 0.180. The lowest BCUT2D eigenvalue weighted by Crippen LogP contribution is -2.29.